The summed E-state index contributed by atoms with van der Waals surface area (Å²) in [5, 5.41) is 4.57. The number of benzene rings is 2. The molecule has 27 heavy (non-hydrogen) atoms. The van der Waals surface area contributed by atoms with Gasteiger partial charge in [0.2, 0.25) is 0 Å². The lowest BCUT2D eigenvalue weighted by Crippen LogP contribution is -2.39. The van der Waals surface area contributed by atoms with Crippen LogP contribution in [0, 0.1) is 0 Å². The SMILES string of the molecule is O=C(Nc1cc(C(F)(F)F)ccc1Cl)C(=O)N[C@H]1CCOc2ccccc21. The number of nitrogens with one attached hydrogen (secondary N) is 2. The molecule has 3 rings (SSSR count). The third kappa shape index (κ3) is 4.33. The fourth-order valence-corrected chi connectivity index (χ4v) is 2.86. The Labute approximate surface area is 157 Å². The largest absolute Gasteiger partial charge is 0.493 e. The van der Waals surface area contributed by atoms with Crippen molar-refractivity contribution in [3.05, 3.63) is 58.6 Å². The average molecular weight is 399 g/mol. The average Bonchev–Trinajstić information content (AvgIpc) is 2.62. The molecular formula is C18H14ClF3N2O3. The fourth-order valence-electron chi connectivity index (χ4n) is 2.69. The van der Waals surface area contributed by atoms with Gasteiger partial charge in [-0.2, -0.15) is 13.2 Å². The maximum Gasteiger partial charge on any atom is 0.416 e. The maximum atomic E-state index is 12.8. The van der Waals surface area contributed by atoms with Gasteiger partial charge < -0.3 is 15.4 Å². The predicted octanol–water partition coefficient (Wildman–Crippen LogP) is 3.94. The van der Waals surface area contributed by atoms with Gasteiger partial charge in [0.25, 0.3) is 0 Å². The van der Waals surface area contributed by atoms with Gasteiger partial charge in [-0.1, -0.05) is 29.8 Å². The quantitative estimate of drug-likeness (QED) is 0.753. The topological polar surface area (TPSA) is 67.4 Å². The Morgan fingerprint density at radius 1 is 1.11 bits per heavy atom. The van der Waals surface area contributed by atoms with E-state index in [1.807, 2.05) is 0 Å². The van der Waals surface area contributed by atoms with Crippen molar-refractivity contribution in [3.63, 3.8) is 0 Å². The number of hydrogen-bond donors (Lipinski definition) is 2. The Balaban J connectivity index is 1.72. The smallest absolute Gasteiger partial charge is 0.416 e. The molecule has 0 unspecified atom stereocenters. The third-order valence-corrected chi connectivity index (χ3v) is 4.34. The molecule has 9 heteroatoms. The number of fused-ring (bicyclic) bond motifs is 1. The molecule has 0 saturated carbocycles. The van der Waals surface area contributed by atoms with Crippen LogP contribution in [0.2, 0.25) is 5.02 Å². The molecule has 5 nitrogen and oxygen atoms in total. The summed E-state index contributed by atoms with van der Waals surface area (Å²) in [5.74, 6) is -1.49. The van der Waals surface area contributed by atoms with E-state index in [0.717, 1.165) is 17.7 Å². The van der Waals surface area contributed by atoms with E-state index in [2.05, 4.69) is 10.6 Å². The Morgan fingerprint density at radius 3 is 2.59 bits per heavy atom. The predicted molar refractivity (Wildman–Crippen MR) is 92.5 cm³/mol. The number of halogens is 4. The molecule has 0 radical (unpaired) electrons. The molecule has 0 fully saturated rings. The van der Waals surface area contributed by atoms with Crippen LogP contribution >= 0.6 is 11.6 Å². The highest BCUT2D eigenvalue weighted by atomic mass is 35.5. The summed E-state index contributed by atoms with van der Waals surface area (Å²) < 4.78 is 43.9. The monoisotopic (exact) mass is 398 g/mol. The number of carbonyl (C=O) groups excluding carboxylic acids is 2. The van der Waals surface area contributed by atoms with E-state index < -0.39 is 29.6 Å². The van der Waals surface area contributed by atoms with E-state index in [0.29, 0.717) is 24.8 Å². The maximum absolute atomic E-state index is 12.8. The molecule has 0 bridgehead atoms. The van der Waals surface area contributed by atoms with Crippen LogP contribution in [0.25, 0.3) is 0 Å². The molecule has 142 valence electrons. The van der Waals surface area contributed by atoms with Gasteiger partial charge in [0.1, 0.15) is 5.75 Å². The van der Waals surface area contributed by atoms with Gasteiger partial charge in [-0.05, 0) is 24.3 Å². The summed E-state index contributed by atoms with van der Waals surface area (Å²) in [4.78, 5) is 24.3. The molecule has 0 saturated heterocycles. The van der Waals surface area contributed by atoms with Crippen LogP contribution in [0.5, 0.6) is 5.75 Å². The molecule has 1 heterocycles. The normalized spacial score (nSPS) is 16.1. The highest BCUT2D eigenvalue weighted by molar-refractivity contribution is 6.41. The first-order chi connectivity index (χ1) is 12.8. The lowest BCUT2D eigenvalue weighted by molar-refractivity contribution is -0.137. The van der Waals surface area contributed by atoms with Crippen LogP contribution in [0.3, 0.4) is 0 Å². The van der Waals surface area contributed by atoms with Gasteiger partial charge in [-0.3, -0.25) is 9.59 Å². The molecule has 1 aliphatic rings. The molecule has 2 aromatic carbocycles. The second kappa shape index (κ2) is 7.48. The van der Waals surface area contributed by atoms with E-state index in [9.17, 15) is 22.8 Å². The molecule has 1 aliphatic heterocycles. The fraction of sp³-hybridized carbons (Fsp3) is 0.222. The molecule has 1 atom stereocenters. The summed E-state index contributed by atoms with van der Waals surface area (Å²) in [6.07, 6.45) is -4.14. The molecule has 0 aliphatic carbocycles. The second-order valence-electron chi connectivity index (χ2n) is 5.85. The van der Waals surface area contributed by atoms with E-state index in [-0.39, 0.29) is 10.7 Å². The first-order valence-corrected chi connectivity index (χ1v) is 8.34. The minimum atomic E-state index is -4.60. The summed E-state index contributed by atoms with van der Waals surface area (Å²) >= 11 is 5.82. The number of ether oxygens (including phenoxy) is 1. The van der Waals surface area contributed by atoms with Crippen molar-refractivity contribution in [1.29, 1.82) is 0 Å². The van der Waals surface area contributed by atoms with E-state index in [1.54, 1.807) is 24.3 Å². The van der Waals surface area contributed by atoms with Crippen molar-refractivity contribution in [3.8, 4) is 5.75 Å². The minimum absolute atomic E-state index is 0.111. The van der Waals surface area contributed by atoms with Crippen LogP contribution in [-0.4, -0.2) is 18.4 Å². The molecule has 0 spiro atoms. The number of anilines is 1. The Hall–Kier alpha value is -2.74. The highest BCUT2D eigenvalue weighted by Gasteiger charge is 2.31. The van der Waals surface area contributed by atoms with Crippen LogP contribution in [-0.2, 0) is 15.8 Å². The van der Waals surface area contributed by atoms with Crippen molar-refractivity contribution >= 4 is 29.1 Å². The second-order valence-corrected chi connectivity index (χ2v) is 6.25. The molecular weight excluding hydrogens is 385 g/mol. The Bertz CT molecular complexity index is 886. The van der Waals surface area contributed by atoms with Gasteiger partial charge in [0.15, 0.2) is 0 Å². The van der Waals surface area contributed by atoms with E-state index in [1.165, 1.54) is 0 Å². The van der Waals surface area contributed by atoms with Crippen LogP contribution in [0.1, 0.15) is 23.6 Å². The lowest BCUT2D eigenvalue weighted by Gasteiger charge is -2.26. The summed E-state index contributed by atoms with van der Waals surface area (Å²) in [6, 6.07) is 9.10. The summed E-state index contributed by atoms with van der Waals surface area (Å²) in [6.45, 7) is 0.364. The molecule has 2 N–H and O–H groups in total. The van der Waals surface area contributed by atoms with Crippen molar-refractivity contribution in [2.45, 2.75) is 18.6 Å². The van der Waals surface area contributed by atoms with Crippen molar-refractivity contribution in [1.82, 2.24) is 5.32 Å². The zero-order chi connectivity index (χ0) is 19.6. The first-order valence-electron chi connectivity index (χ1n) is 7.96. The van der Waals surface area contributed by atoms with Crippen molar-refractivity contribution < 1.29 is 27.5 Å². The van der Waals surface area contributed by atoms with Crippen LogP contribution < -0.4 is 15.4 Å². The number of carbonyl (C=O) groups is 2. The molecule has 2 aromatic rings. The number of para-hydroxylation sites is 1. The number of alkyl halides is 3. The van der Waals surface area contributed by atoms with Gasteiger partial charge in [-0.25, -0.2) is 0 Å². The minimum Gasteiger partial charge on any atom is -0.493 e. The van der Waals surface area contributed by atoms with Gasteiger partial charge in [0.05, 0.1) is 28.9 Å². The molecule has 2 amide bonds. The van der Waals surface area contributed by atoms with Crippen LogP contribution in [0.4, 0.5) is 18.9 Å². The zero-order valence-electron chi connectivity index (χ0n) is 13.8. The lowest BCUT2D eigenvalue weighted by atomic mass is 10.0. The number of hydrogen-bond acceptors (Lipinski definition) is 3. The number of rotatable bonds is 2. The first kappa shape index (κ1) is 19.0. The van der Waals surface area contributed by atoms with Crippen LogP contribution in [0.15, 0.2) is 42.5 Å². The summed E-state index contributed by atoms with van der Waals surface area (Å²) in [7, 11) is 0. The van der Waals surface area contributed by atoms with E-state index in [4.69, 9.17) is 16.3 Å². The summed E-state index contributed by atoms with van der Waals surface area (Å²) in [5.41, 5.74) is -0.554. The van der Waals surface area contributed by atoms with Crippen molar-refractivity contribution in [2.24, 2.45) is 0 Å². The van der Waals surface area contributed by atoms with Gasteiger partial charge >= 0.3 is 18.0 Å². The Kier molecular flexibility index (Phi) is 5.27. The number of amides is 2. The third-order valence-electron chi connectivity index (χ3n) is 4.01. The molecule has 0 aromatic heterocycles. The zero-order valence-corrected chi connectivity index (χ0v) is 14.5. The van der Waals surface area contributed by atoms with Gasteiger partial charge in [0, 0.05) is 12.0 Å². The highest BCUT2D eigenvalue weighted by Crippen LogP contribution is 2.34. The van der Waals surface area contributed by atoms with E-state index >= 15 is 0 Å². The van der Waals surface area contributed by atoms with Gasteiger partial charge in [-0.15, -0.1) is 0 Å². The Morgan fingerprint density at radius 2 is 1.85 bits per heavy atom. The standard InChI is InChI=1S/C18H14ClF3N2O3/c19-12-6-5-10(18(20,21)22)9-14(12)24-17(26)16(25)23-13-7-8-27-15-4-2-1-3-11(13)15/h1-6,9,13H,7-8H2,(H,23,25)(H,24,26)/t13-/m0/s1. The van der Waals surface area contributed by atoms with Crippen molar-refractivity contribution in [2.75, 3.05) is 11.9 Å².